The maximum absolute atomic E-state index is 13.0. The number of benzene rings is 2. The highest BCUT2D eigenvalue weighted by Gasteiger charge is 2.28. The van der Waals surface area contributed by atoms with Crippen molar-refractivity contribution in [3.63, 3.8) is 0 Å². The minimum absolute atomic E-state index is 0.0449. The zero-order valence-electron chi connectivity index (χ0n) is 17.8. The maximum atomic E-state index is 13.0. The number of morpholine rings is 1. The van der Waals surface area contributed by atoms with E-state index in [1.54, 1.807) is 13.0 Å². The van der Waals surface area contributed by atoms with Crippen LogP contribution in [0.4, 0.5) is 5.69 Å². The van der Waals surface area contributed by atoms with E-state index in [1.165, 1.54) is 16.4 Å². The Labute approximate surface area is 182 Å². The molecule has 1 aliphatic heterocycles. The Morgan fingerprint density at radius 2 is 1.68 bits per heavy atom. The fourth-order valence-corrected chi connectivity index (χ4v) is 5.05. The topological polar surface area (TPSA) is 102 Å². The molecule has 1 heterocycles. The summed E-state index contributed by atoms with van der Waals surface area (Å²) in [5, 5.41) is 2.69. The van der Waals surface area contributed by atoms with Gasteiger partial charge in [0.2, 0.25) is 10.0 Å². The van der Waals surface area contributed by atoms with Crippen molar-refractivity contribution in [1.29, 1.82) is 0 Å². The normalized spacial score (nSPS) is 14.8. The van der Waals surface area contributed by atoms with E-state index in [-0.39, 0.29) is 23.5 Å². The molecule has 8 nitrogen and oxygen atoms in total. The van der Waals surface area contributed by atoms with E-state index in [1.807, 2.05) is 32.0 Å². The number of ether oxygens (including phenoxy) is 2. The van der Waals surface area contributed by atoms with Gasteiger partial charge in [-0.3, -0.25) is 4.79 Å². The van der Waals surface area contributed by atoms with Crippen LogP contribution >= 0.6 is 0 Å². The van der Waals surface area contributed by atoms with Crippen LogP contribution in [-0.4, -0.2) is 57.5 Å². The van der Waals surface area contributed by atoms with Gasteiger partial charge in [-0.25, -0.2) is 13.2 Å². The molecule has 1 fully saturated rings. The average molecular weight is 447 g/mol. The van der Waals surface area contributed by atoms with Gasteiger partial charge in [-0.2, -0.15) is 4.31 Å². The van der Waals surface area contributed by atoms with E-state index in [0.717, 1.165) is 11.1 Å². The molecule has 0 bridgehead atoms. The van der Waals surface area contributed by atoms with E-state index < -0.39 is 28.5 Å². The summed E-state index contributed by atoms with van der Waals surface area (Å²) < 4.78 is 37.6. The van der Waals surface area contributed by atoms with Gasteiger partial charge in [0.05, 0.1) is 23.7 Å². The van der Waals surface area contributed by atoms with Crippen LogP contribution in [0, 0.1) is 20.8 Å². The molecule has 0 radical (unpaired) electrons. The van der Waals surface area contributed by atoms with Gasteiger partial charge < -0.3 is 14.8 Å². The van der Waals surface area contributed by atoms with Crippen molar-refractivity contribution in [3.05, 3.63) is 58.7 Å². The molecule has 166 valence electrons. The molecule has 31 heavy (non-hydrogen) atoms. The number of nitrogens with zero attached hydrogens (tertiary/aromatic N) is 1. The first-order chi connectivity index (χ1) is 14.7. The molecule has 9 heteroatoms. The number of hydrogen-bond donors (Lipinski definition) is 1. The monoisotopic (exact) mass is 446 g/mol. The number of rotatable bonds is 6. The third-order valence-corrected chi connectivity index (χ3v) is 6.89. The van der Waals surface area contributed by atoms with Crippen molar-refractivity contribution >= 4 is 27.6 Å². The number of anilines is 1. The predicted octanol–water partition coefficient (Wildman–Crippen LogP) is 2.43. The van der Waals surface area contributed by atoms with Crippen LogP contribution in [0.1, 0.15) is 27.0 Å². The Morgan fingerprint density at radius 3 is 2.32 bits per heavy atom. The number of sulfonamides is 1. The van der Waals surface area contributed by atoms with Gasteiger partial charge in [0, 0.05) is 18.8 Å². The summed E-state index contributed by atoms with van der Waals surface area (Å²) in [5.41, 5.74) is 3.21. The number of carbonyl (C=O) groups excluding carboxylic acids is 2. The van der Waals surface area contributed by atoms with E-state index in [9.17, 15) is 18.0 Å². The van der Waals surface area contributed by atoms with E-state index >= 15 is 0 Å². The Balaban J connectivity index is 1.68. The summed E-state index contributed by atoms with van der Waals surface area (Å²) in [6.07, 6.45) is 0. The highest BCUT2D eigenvalue weighted by atomic mass is 32.2. The molecular weight excluding hydrogens is 420 g/mol. The molecule has 3 rings (SSSR count). The minimum atomic E-state index is -3.76. The van der Waals surface area contributed by atoms with Gasteiger partial charge in [-0.1, -0.05) is 12.1 Å². The lowest BCUT2D eigenvalue weighted by Gasteiger charge is -2.26. The molecule has 1 N–H and O–H groups in total. The third-order valence-electron chi connectivity index (χ3n) is 4.85. The van der Waals surface area contributed by atoms with Crippen LogP contribution in [-0.2, 0) is 24.3 Å². The van der Waals surface area contributed by atoms with Crippen molar-refractivity contribution in [2.45, 2.75) is 25.7 Å². The summed E-state index contributed by atoms with van der Waals surface area (Å²) in [6.45, 7) is 6.20. The highest BCUT2D eigenvalue weighted by molar-refractivity contribution is 7.89. The van der Waals surface area contributed by atoms with Crippen LogP contribution in [0.25, 0.3) is 0 Å². The molecule has 0 unspecified atom stereocenters. The van der Waals surface area contributed by atoms with Crippen LogP contribution in [0.2, 0.25) is 0 Å². The fraction of sp³-hybridized carbons (Fsp3) is 0.364. The van der Waals surface area contributed by atoms with E-state index in [2.05, 4.69) is 5.32 Å². The van der Waals surface area contributed by atoms with Crippen molar-refractivity contribution in [3.8, 4) is 0 Å². The maximum Gasteiger partial charge on any atom is 0.338 e. The minimum Gasteiger partial charge on any atom is -0.452 e. The molecule has 0 aliphatic carbocycles. The number of hydrogen-bond acceptors (Lipinski definition) is 6. The van der Waals surface area contributed by atoms with Crippen molar-refractivity contribution in [2.75, 3.05) is 38.2 Å². The second kappa shape index (κ2) is 9.59. The van der Waals surface area contributed by atoms with Gasteiger partial charge in [-0.05, 0) is 61.7 Å². The summed E-state index contributed by atoms with van der Waals surface area (Å²) in [4.78, 5) is 24.6. The molecule has 2 aromatic rings. The lowest BCUT2D eigenvalue weighted by molar-refractivity contribution is -0.119. The first-order valence-electron chi connectivity index (χ1n) is 9.90. The van der Waals surface area contributed by atoms with Gasteiger partial charge >= 0.3 is 5.97 Å². The Kier molecular flexibility index (Phi) is 7.09. The van der Waals surface area contributed by atoms with Crippen LogP contribution in [0.3, 0.4) is 0 Å². The molecule has 2 aromatic carbocycles. The van der Waals surface area contributed by atoms with Gasteiger partial charge in [-0.15, -0.1) is 0 Å². The number of carbonyl (C=O) groups is 2. The smallest absolute Gasteiger partial charge is 0.338 e. The van der Waals surface area contributed by atoms with Crippen LogP contribution in [0.15, 0.2) is 41.3 Å². The molecule has 0 saturated carbocycles. The molecule has 0 atom stereocenters. The van der Waals surface area contributed by atoms with Gasteiger partial charge in [0.1, 0.15) is 0 Å². The summed E-state index contributed by atoms with van der Waals surface area (Å²) in [5.74, 6) is -1.25. The van der Waals surface area contributed by atoms with Gasteiger partial charge in [0.25, 0.3) is 5.91 Å². The zero-order valence-corrected chi connectivity index (χ0v) is 18.6. The molecule has 1 aliphatic rings. The number of amides is 1. The molecule has 0 spiro atoms. The second-order valence-electron chi connectivity index (χ2n) is 7.50. The molecule has 0 aromatic heterocycles. The average Bonchev–Trinajstić information content (AvgIpc) is 2.72. The molecule has 1 amide bonds. The molecular formula is C22H26N2O6S. The largest absolute Gasteiger partial charge is 0.452 e. The lowest BCUT2D eigenvalue weighted by Crippen LogP contribution is -2.40. The first-order valence-corrected chi connectivity index (χ1v) is 11.3. The van der Waals surface area contributed by atoms with Crippen molar-refractivity contribution in [1.82, 2.24) is 4.31 Å². The second-order valence-corrected chi connectivity index (χ2v) is 9.40. The quantitative estimate of drug-likeness (QED) is 0.684. The zero-order chi connectivity index (χ0) is 22.6. The Bertz CT molecular complexity index is 1070. The van der Waals surface area contributed by atoms with Crippen LogP contribution < -0.4 is 5.32 Å². The van der Waals surface area contributed by atoms with Gasteiger partial charge in [0.15, 0.2) is 6.61 Å². The standard InChI is InChI=1S/C22H26N2O6S/c1-15-10-16(2)12-19(11-15)23-21(25)14-30-22(26)18-5-4-17(3)20(13-18)31(27,28)24-6-8-29-9-7-24/h4-5,10-13H,6-9,14H2,1-3H3,(H,23,25). The molecule has 1 saturated heterocycles. The van der Waals surface area contributed by atoms with E-state index in [4.69, 9.17) is 9.47 Å². The first kappa shape index (κ1) is 22.9. The Hall–Kier alpha value is -2.75. The third kappa shape index (κ3) is 5.69. The predicted molar refractivity (Wildman–Crippen MR) is 116 cm³/mol. The van der Waals surface area contributed by atoms with Crippen molar-refractivity contribution in [2.24, 2.45) is 0 Å². The SMILES string of the molecule is Cc1cc(C)cc(NC(=O)COC(=O)c2ccc(C)c(S(=O)(=O)N3CCOCC3)c2)c1. The summed E-state index contributed by atoms with van der Waals surface area (Å²) >= 11 is 0. The van der Waals surface area contributed by atoms with Crippen molar-refractivity contribution < 1.29 is 27.5 Å². The highest BCUT2D eigenvalue weighted by Crippen LogP contribution is 2.23. The van der Waals surface area contributed by atoms with E-state index in [0.29, 0.717) is 24.5 Å². The number of esters is 1. The number of nitrogens with one attached hydrogen (secondary N) is 1. The van der Waals surface area contributed by atoms with Crippen LogP contribution in [0.5, 0.6) is 0 Å². The fourth-order valence-electron chi connectivity index (χ4n) is 3.39. The summed E-state index contributed by atoms with van der Waals surface area (Å²) in [6, 6.07) is 9.95. The number of aryl methyl sites for hydroxylation is 3. The summed E-state index contributed by atoms with van der Waals surface area (Å²) in [7, 11) is -3.76. The lowest BCUT2D eigenvalue weighted by atomic mass is 10.1. The Morgan fingerprint density at radius 1 is 1.03 bits per heavy atom.